The van der Waals surface area contributed by atoms with Crippen LogP contribution in [0, 0.1) is 0 Å². The third-order valence-corrected chi connectivity index (χ3v) is 6.87. The van der Waals surface area contributed by atoms with E-state index in [9.17, 15) is 0 Å². The quantitative estimate of drug-likeness (QED) is 0.272. The van der Waals surface area contributed by atoms with Crippen LogP contribution in [0.3, 0.4) is 0 Å². The van der Waals surface area contributed by atoms with Gasteiger partial charge in [-0.25, -0.2) is 0 Å². The van der Waals surface area contributed by atoms with Crippen LogP contribution in [0.5, 0.6) is 0 Å². The normalized spacial score (nSPS) is 13.5. The first-order valence-electron chi connectivity index (χ1n) is 14.1. The topological polar surface area (TPSA) is 0 Å². The van der Waals surface area contributed by atoms with Crippen molar-refractivity contribution in [3.63, 3.8) is 0 Å². The van der Waals surface area contributed by atoms with Crippen molar-refractivity contribution in [2.75, 3.05) is 0 Å². The first-order chi connectivity index (χ1) is 18.3. The summed E-state index contributed by atoms with van der Waals surface area (Å²) >= 11 is 0. The maximum Gasteiger partial charge on any atom is 0.0155 e. The zero-order valence-corrected chi connectivity index (χ0v) is 24.9. The molecule has 0 atom stereocenters. The molecule has 0 nitrogen and oxygen atoms in total. The maximum atomic E-state index is 3.36. The highest BCUT2D eigenvalue weighted by Crippen LogP contribution is 2.46. The first-order valence-corrected chi connectivity index (χ1v) is 14.1. The van der Waals surface area contributed by atoms with Gasteiger partial charge in [-0.1, -0.05) is 150 Å². The Bertz CT molecular complexity index is 1210. The fourth-order valence-electron chi connectivity index (χ4n) is 4.92. The SMILES string of the molecule is C.C=CC.CC/C=C\CCC.CC1=C(/C=C(\C)Cc2ccc(-c3ccccc3)cc2)C(C)(C)c2ccccc21. The third-order valence-electron chi connectivity index (χ3n) is 6.87. The largest absolute Gasteiger partial charge is 0.103 e. The van der Waals surface area contributed by atoms with Crippen LogP contribution < -0.4 is 0 Å². The zero-order chi connectivity index (χ0) is 28.0. The lowest BCUT2D eigenvalue weighted by Gasteiger charge is -2.23. The molecule has 0 heterocycles. The monoisotopic (exact) mass is 520 g/mol. The number of unbranched alkanes of at least 4 members (excludes halogenated alkanes) is 1. The van der Waals surface area contributed by atoms with Crippen LogP contribution in [-0.2, 0) is 11.8 Å². The predicted molar refractivity (Wildman–Crippen MR) is 178 cm³/mol. The molecule has 0 bridgehead atoms. The van der Waals surface area contributed by atoms with Gasteiger partial charge >= 0.3 is 0 Å². The molecule has 0 saturated heterocycles. The molecule has 0 amide bonds. The molecular weight excluding hydrogens is 468 g/mol. The molecule has 208 valence electrons. The standard InChI is InChI=1S/C28H28.C7H14.C3H6.CH4/c1-20(18-22-14-16-24(17-15-22)23-10-6-5-7-11-23)19-27-21(2)25-12-8-9-13-26(25)28(27,3)4;1-3-5-7-6-4-2;1-3-2;/h5-17,19H,18H2,1-4H3;5,7H,3-4,6H2,1-2H3;3H,1H2,2H3;1H4/b20-19+;7-5-;;. The molecule has 0 radical (unpaired) electrons. The Morgan fingerprint density at radius 3 is 1.95 bits per heavy atom. The van der Waals surface area contributed by atoms with Gasteiger partial charge in [0.1, 0.15) is 0 Å². The molecule has 1 aliphatic rings. The number of hydrogen-bond acceptors (Lipinski definition) is 0. The van der Waals surface area contributed by atoms with E-state index < -0.39 is 0 Å². The minimum absolute atomic E-state index is 0. The Kier molecular flexibility index (Phi) is 14.9. The van der Waals surface area contributed by atoms with E-state index in [1.807, 2.05) is 6.92 Å². The first kappa shape index (κ1) is 33.6. The molecule has 1 aliphatic carbocycles. The lowest BCUT2D eigenvalue weighted by Crippen LogP contribution is -2.16. The second-order valence-corrected chi connectivity index (χ2v) is 10.5. The third kappa shape index (κ3) is 9.70. The summed E-state index contributed by atoms with van der Waals surface area (Å²) in [6.45, 7) is 18.8. The van der Waals surface area contributed by atoms with E-state index in [0.29, 0.717) is 0 Å². The summed E-state index contributed by atoms with van der Waals surface area (Å²) in [7, 11) is 0. The van der Waals surface area contributed by atoms with Crippen LogP contribution in [0.4, 0.5) is 0 Å². The van der Waals surface area contributed by atoms with E-state index in [1.165, 1.54) is 63.8 Å². The van der Waals surface area contributed by atoms with Crippen molar-refractivity contribution >= 4 is 5.57 Å². The van der Waals surface area contributed by atoms with Gasteiger partial charge in [0.05, 0.1) is 0 Å². The molecule has 0 saturated carbocycles. The predicted octanol–water partition coefficient (Wildman–Crippen LogP) is 12.2. The fraction of sp³-hybridized carbons (Fsp3) is 0.333. The van der Waals surface area contributed by atoms with Gasteiger partial charge in [0.2, 0.25) is 0 Å². The van der Waals surface area contributed by atoms with Crippen LogP contribution in [0.25, 0.3) is 16.7 Å². The van der Waals surface area contributed by atoms with Gasteiger partial charge in [-0.2, -0.15) is 0 Å². The Labute approximate surface area is 240 Å². The van der Waals surface area contributed by atoms with Crippen LogP contribution >= 0.6 is 0 Å². The van der Waals surface area contributed by atoms with Crippen molar-refractivity contribution in [2.45, 2.75) is 87.0 Å². The molecule has 0 unspecified atom stereocenters. The highest BCUT2D eigenvalue weighted by Gasteiger charge is 2.34. The lowest BCUT2D eigenvalue weighted by atomic mass is 9.80. The van der Waals surface area contributed by atoms with Gasteiger partial charge in [-0.05, 0) is 79.0 Å². The molecule has 39 heavy (non-hydrogen) atoms. The minimum Gasteiger partial charge on any atom is -0.103 e. The van der Waals surface area contributed by atoms with Gasteiger partial charge < -0.3 is 0 Å². The molecule has 0 aliphatic heterocycles. The smallest absolute Gasteiger partial charge is 0.0155 e. The number of rotatable bonds is 7. The van der Waals surface area contributed by atoms with Crippen molar-refractivity contribution in [1.29, 1.82) is 0 Å². The van der Waals surface area contributed by atoms with Crippen molar-refractivity contribution in [1.82, 2.24) is 0 Å². The molecule has 0 aromatic heterocycles. The molecule has 3 aromatic carbocycles. The summed E-state index contributed by atoms with van der Waals surface area (Å²) < 4.78 is 0. The maximum absolute atomic E-state index is 3.36. The highest BCUT2D eigenvalue weighted by molar-refractivity contribution is 5.81. The van der Waals surface area contributed by atoms with E-state index in [1.54, 1.807) is 6.08 Å². The van der Waals surface area contributed by atoms with Gasteiger partial charge in [-0.3, -0.25) is 0 Å². The van der Waals surface area contributed by atoms with Crippen LogP contribution in [0.15, 0.2) is 121 Å². The number of benzene rings is 3. The number of allylic oxidation sites excluding steroid dienone is 7. The lowest BCUT2D eigenvalue weighted by molar-refractivity contribution is 0.652. The Morgan fingerprint density at radius 2 is 1.38 bits per heavy atom. The van der Waals surface area contributed by atoms with Crippen molar-refractivity contribution in [3.8, 4) is 11.1 Å². The van der Waals surface area contributed by atoms with Crippen molar-refractivity contribution in [2.24, 2.45) is 0 Å². The summed E-state index contributed by atoms with van der Waals surface area (Å²) in [5.74, 6) is 0. The van der Waals surface area contributed by atoms with E-state index in [2.05, 4.69) is 145 Å². The summed E-state index contributed by atoms with van der Waals surface area (Å²) in [4.78, 5) is 0. The molecule has 3 aromatic rings. The zero-order valence-electron chi connectivity index (χ0n) is 24.9. The van der Waals surface area contributed by atoms with Crippen LogP contribution in [-0.4, -0.2) is 0 Å². The van der Waals surface area contributed by atoms with Crippen LogP contribution in [0.2, 0.25) is 0 Å². The molecule has 0 spiro atoms. The van der Waals surface area contributed by atoms with E-state index in [4.69, 9.17) is 0 Å². The molecule has 0 N–H and O–H groups in total. The van der Waals surface area contributed by atoms with E-state index >= 15 is 0 Å². The Hall–Kier alpha value is -3.38. The number of fused-ring (bicyclic) bond motifs is 1. The highest BCUT2D eigenvalue weighted by atomic mass is 14.4. The van der Waals surface area contributed by atoms with Gasteiger partial charge in [0.25, 0.3) is 0 Å². The average Bonchev–Trinajstić information content (AvgIpc) is 3.11. The van der Waals surface area contributed by atoms with Gasteiger partial charge in [0.15, 0.2) is 0 Å². The van der Waals surface area contributed by atoms with Crippen LogP contribution in [0.1, 0.15) is 91.8 Å². The molecular formula is C39H52. The minimum atomic E-state index is 0. The fourth-order valence-corrected chi connectivity index (χ4v) is 4.92. The molecule has 0 heteroatoms. The van der Waals surface area contributed by atoms with E-state index in [-0.39, 0.29) is 12.8 Å². The van der Waals surface area contributed by atoms with Gasteiger partial charge in [-0.15, -0.1) is 6.58 Å². The van der Waals surface area contributed by atoms with E-state index in [0.717, 1.165) is 6.42 Å². The van der Waals surface area contributed by atoms with Gasteiger partial charge in [0, 0.05) is 5.41 Å². The second kappa shape index (κ2) is 17.3. The Balaban J connectivity index is 0.000000597. The van der Waals surface area contributed by atoms with Crippen molar-refractivity contribution < 1.29 is 0 Å². The average molecular weight is 521 g/mol. The Morgan fingerprint density at radius 1 is 0.821 bits per heavy atom. The second-order valence-electron chi connectivity index (χ2n) is 10.5. The van der Waals surface area contributed by atoms with Crippen molar-refractivity contribution in [3.05, 3.63) is 138 Å². The summed E-state index contributed by atoms with van der Waals surface area (Å²) in [6.07, 6.45) is 13.3. The molecule has 0 fully saturated rings. The molecule has 4 rings (SSSR count). The summed E-state index contributed by atoms with van der Waals surface area (Å²) in [6, 6.07) is 28.4. The summed E-state index contributed by atoms with van der Waals surface area (Å²) in [5.41, 5.74) is 11.1. The number of hydrogen-bond donors (Lipinski definition) is 0. The summed E-state index contributed by atoms with van der Waals surface area (Å²) in [5, 5.41) is 0.